The molecule has 1 aromatic carbocycles. The van der Waals surface area contributed by atoms with E-state index in [0.29, 0.717) is 19.1 Å². The summed E-state index contributed by atoms with van der Waals surface area (Å²) in [6, 6.07) is 10.2. The molecule has 0 fully saturated rings. The van der Waals surface area contributed by atoms with Gasteiger partial charge in [-0.05, 0) is 46.7 Å². The maximum absolute atomic E-state index is 13.2. The third-order valence-electron chi connectivity index (χ3n) is 3.91. The van der Waals surface area contributed by atoms with E-state index < -0.39 is 0 Å². The summed E-state index contributed by atoms with van der Waals surface area (Å²) in [5.41, 5.74) is 4.26. The minimum absolute atomic E-state index is 0.275. The van der Waals surface area contributed by atoms with Crippen LogP contribution in [-0.4, -0.2) is 34.9 Å². The van der Waals surface area contributed by atoms with Gasteiger partial charge in [0.15, 0.2) is 5.65 Å². The van der Waals surface area contributed by atoms with Gasteiger partial charge in [0.1, 0.15) is 12.4 Å². The molecule has 0 aliphatic carbocycles. The topological polar surface area (TPSA) is 48.7 Å². The first-order valence-corrected chi connectivity index (χ1v) is 8.99. The number of ether oxygens (including phenoxy) is 2. The summed E-state index contributed by atoms with van der Waals surface area (Å²) >= 11 is 1.62. The number of aromatic nitrogens is 3. The summed E-state index contributed by atoms with van der Waals surface area (Å²) in [7, 11) is 1.63. The predicted molar refractivity (Wildman–Crippen MR) is 99.1 cm³/mol. The van der Waals surface area contributed by atoms with Gasteiger partial charge in [-0.2, -0.15) is 11.3 Å². The Morgan fingerprint density at radius 3 is 2.69 bits per heavy atom. The zero-order chi connectivity index (χ0) is 17.9. The summed E-state index contributed by atoms with van der Waals surface area (Å²) in [5.74, 6) is 0.224. The zero-order valence-corrected chi connectivity index (χ0v) is 14.9. The van der Waals surface area contributed by atoms with Crippen molar-refractivity contribution in [2.45, 2.75) is 0 Å². The van der Waals surface area contributed by atoms with Gasteiger partial charge in [0.05, 0.1) is 18.5 Å². The van der Waals surface area contributed by atoms with Crippen molar-refractivity contribution in [3.05, 3.63) is 59.2 Å². The Kier molecular flexibility index (Phi) is 4.64. The number of imidazole rings is 1. The van der Waals surface area contributed by atoms with Gasteiger partial charge in [-0.25, -0.2) is 13.9 Å². The molecule has 0 aliphatic rings. The molecule has 4 aromatic rings. The average molecular weight is 369 g/mol. The van der Waals surface area contributed by atoms with E-state index in [1.807, 2.05) is 23.7 Å². The lowest BCUT2D eigenvalue weighted by Crippen LogP contribution is -2.07. The molecule has 4 rings (SSSR count). The van der Waals surface area contributed by atoms with Crippen LogP contribution in [0.4, 0.5) is 4.39 Å². The van der Waals surface area contributed by atoms with Crippen molar-refractivity contribution in [2.75, 3.05) is 20.3 Å². The number of thiophene rings is 1. The number of halogens is 1. The molecular weight excluding hydrogens is 353 g/mol. The first kappa shape index (κ1) is 16.7. The number of fused-ring (bicyclic) bond motifs is 1. The molecule has 0 unspecified atom stereocenters. The molecule has 132 valence electrons. The van der Waals surface area contributed by atoms with Crippen LogP contribution in [0.5, 0.6) is 5.88 Å². The number of rotatable bonds is 6. The Labute approximate surface area is 153 Å². The van der Waals surface area contributed by atoms with Crippen LogP contribution >= 0.6 is 11.3 Å². The monoisotopic (exact) mass is 369 g/mol. The van der Waals surface area contributed by atoms with Gasteiger partial charge in [-0.1, -0.05) is 0 Å². The molecule has 0 saturated heterocycles. The van der Waals surface area contributed by atoms with Crippen molar-refractivity contribution in [3.8, 4) is 28.3 Å². The van der Waals surface area contributed by atoms with Crippen molar-refractivity contribution in [2.24, 2.45) is 0 Å². The van der Waals surface area contributed by atoms with Gasteiger partial charge in [0, 0.05) is 24.3 Å². The summed E-state index contributed by atoms with van der Waals surface area (Å²) in [6.45, 7) is 0.899. The maximum atomic E-state index is 13.2. The Morgan fingerprint density at radius 1 is 1.12 bits per heavy atom. The molecule has 0 bridgehead atoms. The standard InChI is InChI=1S/C19H16FN3O2S/c1-24-7-8-25-18-10-16(14-6-9-26-12-14)19-21-17(11-23(19)22-18)13-2-4-15(20)5-3-13/h2-6,9-12H,7-8H2,1H3. The second-order valence-corrected chi connectivity index (χ2v) is 6.43. The van der Waals surface area contributed by atoms with Gasteiger partial charge >= 0.3 is 0 Å². The van der Waals surface area contributed by atoms with Crippen LogP contribution in [0.1, 0.15) is 0 Å². The lowest BCUT2D eigenvalue weighted by molar-refractivity contribution is 0.143. The Bertz CT molecular complexity index is 1010. The van der Waals surface area contributed by atoms with Crippen LogP contribution in [0.3, 0.4) is 0 Å². The normalized spacial score (nSPS) is 11.2. The largest absolute Gasteiger partial charge is 0.474 e. The molecule has 3 aromatic heterocycles. The number of methoxy groups -OCH3 is 1. The van der Waals surface area contributed by atoms with E-state index >= 15 is 0 Å². The highest BCUT2D eigenvalue weighted by Crippen LogP contribution is 2.30. The third kappa shape index (κ3) is 3.31. The van der Waals surface area contributed by atoms with Crippen LogP contribution in [0.2, 0.25) is 0 Å². The molecule has 0 radical (unpaired) electrons. The average Bonchev–Trinajstić information content (AvgIpc) is 3.32. The molecule has 5 nitrogen and oxygen atoms in total. The highest BCUT2D eigenvalue weighted by atomic mass is 32.1. The van der Waals surface area contributed by atoms with Crippen LogP contribution in [0.15, 0.2) is 53.4 Å². The van der Waals surface area contributed by atoms with Gasteiger partial charge in [0.2, 0.25) is 5.88 Å². The second kappa shape index (κ2) is 7.23. The highest BCUT2D eigenvalue weighted by Gasteiger charge is 2.14. The molecule has 7 heteroatoms. The fourth-order valence-electron chi connectivity index (χ4n) is 2.64. The highest BCUT2D eigenvalue weighted by molar-refractivity contribution is 7.08. The van der Waals surface area contributed by atoms with E-state index in [4.69, 9.17) is 14.5 Å². The number of hydrogen-bond acceptors (Lipinski definition) is 5. The molecule has 0 atom stereocenters. The smallest absolute Gasteiger partial charge is 0.232 e. The lowest BCUT2D eigenvalue weighted by Gasteiger charge is -2.07. The summed E-state index contributed by atoms with van der Waals surface area (Å²) in [6.07, 6.45) is 1.82. The molecule has 0 aliphatic heterocycles. The van der Waals surface area contributed by atoms with E-state index in [0.717, 1.165) is 28.0 Å². The maximum Gasteiger partial charge on any atom is 0.232 e. The zero-order valence-electron chi connectivity index (χ0n) is 14.1. The van der Waals surface area contributed by atoms with Crippen LogP contribution in [-0.2, 0) is 4.74 Å². The predicted octanol–water partition coefficient (Wildman–Crippen LogP) is 4.29. The molecule has 0 saturated carbocycles. The fraction of sp³-hybridized carbons (Fsp3) is 0.158. The van der Waals surface area contributed by atoms with Crippen molar-refractivity contribution >= 4 is 17.0 Å². The molecule has 0 amide bonds. The van der Waals surface area contributed by atoms with E-state index in [2.05, 4.69) is 10.5 Å². The van der Waals surface area contributed by atoms with Crippen LogP contribution in [0.25, 0.3) is 28.0 Å². The van der Waals surface area contributed by atoms with Crippen molar-refractivity contribution < 1.29 is 13.9 Å². The third-order valence-corrected chi connectivity index (χ3v) is 4.60. The van der Waals surface area contributed by atoms with Gasteiger partial charge in [0.25, 0.3) is 0 Å². The minimum atomic E-state index is -0.275. The molecule has 3 heterocycles. The summed E-state index contributed by atoms with van der Waals surface area (Å²) in [4.78, 5) is 4.71. The molecule has 26 heavy (non-hydrogen) atoms. The Hall–Kier alpha value is -2.77. The SMILES string of the molecule is COCCOc1cc(-c2ccsc2)c2nc(-c3ccc(F)cc3)cn2n1. The fourth-order valence-corrected chi connectivity index (χ4v) is 3.30. The van der Waals surface area contributed by atoms with Crippen LogP contribution in [0, 0.1) is 5.82 Å². The van der Waals surface area contributed by atoms with Crippen molar-refractivity contribution in [1.82, 2.24) is 14.6 Å². The number of benzene rings is 1. The first-order chi connectivity index (χ1) is 12.7. The summed E-state index contributed by atoms with van der Waals surface area (Å²) in [5, 5.41) is 8.56. The number of hydrogen-bond donors (Lipinski definition) is 0. The van der Waals surface area contributed by atoms with E-state index in [9.17, 15) is 4.39 Å². The van der Waals surface area contributed by atoms with Gasteiger partial charge in [-0.3, -0.25) is 0 Å². The molecular formula is C19H16FN3O2S. The van der Waals surface area contributed by atoms with Gasteiger partial charge in [-0.15, -0.1) is 5.10 Å². The van der Waals surface area contributed by atoms with Crippen LogP contribution < -0.4 is 4.74 Å². The Balaban J connectivity index is 1.81. The van der Waals surface area contributed by atoms with Crippen molar-refractivity contribution in [3.63, 3.8) is 0 Å². The quantitative estimate of drug-likeness (QED) is 0.476. The Morgan fingerprint density at radius 2 is 1.96 bits per heavy atom. The van der Waals surface area contributed by atoms with Gasteiger partial charge < -0.3 is 9.47 Å². The van der Waals surface area contributed by atoms with E-state index in [1.54, 1.807) is 35.1 Å². The molecule has 0 spiro atoms. The van der Waals surface area contributed by atoms with E-state index in [1.165, 1.54) is 12.1 Å². The van der Waals surface area contributed by atoms with Crippen molar-refractivity contribution in [1.29, 1.82) is 0 Å². The lowest BCUT2D eigenvalue weighted by atomic mass is 10.1. The first-order valence-electron chi connectivity index (χ1n) is 8.05. The summed E-state index contributed by atoms with van der Waals surface area (Å²) < 4.78 is 25.6. The second-order valence-electron chi connectivity index (χ2n) is 5.65. The van der Waals surface area contributed by atoms with E-state index in [-0.39, 0.29) is 5.82 Å². The number of nitrogens with zero attached hydrogens (tertiary/aromatic N) is 3. The molecule has 0 N–H and O–H groups in total. The minimum Gasteiger partial charge on any atom is -0.474 e.